The number of hydrogen-bond acceptors (Lipinski definition) is 8. The molecule has 0 saturated carbocycles. The second-order valence-electron chi connectivity index (χ2n) is 8.25. The Kier molecular flexibility index (Phi) is 7.36. The predicted molar refractivity (Wildman–Crippen MR) is 126 cm³/mol. The van der Waals surface area contributed by atoms with Crippen LogP contribution >= 0.6 is 0 Å². The molecule has 33 heavy (non-hydrogen) atoms. The molecule has 2 N–H and O–H groups in total. The van der Waals surface area contributed by atoms with Crippen molar-refractivity contribution in [3.05, 3.63) is 36.3 Å². The van der Waals surface area contributed by atoms with Gasteiger partial charge in [-0.2, -0.15) is 4.98 Å². The van der Waals surface area contributed by atoms with Crippen molar-refractivity contribution in [1.82, 2.24) is 29.7 Å². The second-order valence-corrected chi connectivity index (χ2v) is 8.25. The minimum Gasteiger partial charge on any atom is -0.495 e. The zero-order valence-corrected chi connectivity index (χ0v) is 19.4. The van der Waals surface area contributed by atoms with Crippen molar-refractivity contribution in [1.29, 1.82) is 0 Å². The third-order valence-electron chi connectivity index (χ3n) is 5.62. The van der Waals surface area contributed by atoms with Gasteiger partial charge in [-0.15, -0.1) is 0 Å². The quantitative estimate of drug-likeness (QED) is 0.476. The van der Waals surface area contributed by atoms with Crippen LogP contribution in [0.25, 0.3) is 11.2 Å². The van der Waals surface area contributed by atoms with Gasteiger partial charge in [0, 0.05) is 31.2 Å². The zero-order chi connectivity index (χ0) is 23.2. The normalized spacial score (nSPS) is 14.5. The van der Waals surface area contributed by atoms with Gasteiger partial charge >= 0.3 is 0 Å². The van der Waals surface area contributed by atoms with Crippen molar-refractivity contribution in [3.63, 3.8) is 0 Å². The van der Waals surface area contributed by atoms with Crippen LogP contribution < -0.4 is 15.4 Å². The van der Waals surface area contributed by atoms with Gasteiger partial charge in [0.1, 0.15) is 11.3 Å². The molecule has 3 heterocycles. The van der Waals surface area contributed by atoms with Gasteiger partial charge in [0.05, 0.1) is 38.5 Å². The summed E-state index contributed by atoms with van der Waals surface area (Å²) in [5.74, 6) is 0.848. The highest BCUT2D eigenvalue weighted by Crippen LogP contribution is 2.28. The fourth-order valence-electron chi connectivity index (χ4n) is 3.75. The van der Waals surface area contributed by atoms with E-state index in [1.54, 1.807) is 37.8 Å². The summed E-state index contributed by atoms with van der Waals surface area (Å²) in [5.41, 5.74) is 2.71. The molecule has 1 amide bonds. The number of imidazole rings is 1. The monoisotopic (exact) mass is 453 g/mol. The molecule has 176 valence electrons. The largest absolute Gasteiger partial charge is 0.495 e. The molecule has 10 nitrogen and oxygen atoms in total. The summed E-state index contributed by atoms with van der Waals surface area (Å²) >= 11 is 0. The van der Waals surface area contributed by atoms with Crippen molar-refractivity contribution >= 4 is 28.7 Å². The molecular weight excluding hydrogens is 422 g/mol. The van der Waals surface area contributed by atoms with Gasteiger partial charge in [-0.25, -0.2) is 9.97 Å². The van der Waals surface area contributed by atoms with E-state index in [1.807, 2.05) is 4.57 Å². The number of morpholine rings is 1. The number of carbonyl (C=O) groups excluding carboxylic acids is 1. The second kappa shape index (κ2) is 10.6. The van der Waals surface area contributed by atoms with Crippen LogP contribution in [0.3, 0.4) is 0 Å². The molecule has 1 fully saturated rings. The fourth-order valence-corrected chi connectivity index (χ4v) is 3.75. The molecule has 1 aliphatic heterocycles. The Balaban J connectivity index is 1.38. The zero-order valence-electron chi connectivity index (χ0n) is 19.4. The van der Waals surface area contributed by atoms with Crippen LogP contribution in [0.15, 0.2) is 30.7 Å². The lowest BCUT2D eigenvalue weighted by Crippen LogP contribution is -2.38. The number of amides is 1. The van der Waals surface area contributed by atoms with Crippen molar-refractivity contribution in [2.45, 2.75) is 26.3 Å². The van der Waals surface area contributed by atoms with Crippen molar-refractivity contribution < 1.29 is 14.3 Å². The average molecular weight is 454 g/mol. The molecule has 1 saturated heterocycles. The first-order chi connectivity index (χ1) is 16.0. The first kappa shape index (κ1) is 22.9. The summed E-state index contributed by atoms with van der Waals surface area (Å²) < 4.78 is 12.9. The molecule has 0 bridgehead atoms. The van der Waals surface area contributed by atoms with E-state index in [4.69, 9.17) is 9.47 Å². The van der Waals surface area contributed by atoms with E-state index in [-0.39, 0.29) is 11.9 Å². The SMILES string of the molecule is COc1cc(C(=O)NCCCN2CCOCC2)ccc1Nc1ncc2ncn(C(C)C)c2n1. The highest BCUT2D eigenvalue weighted by Gasteiger charge is 2.14. The van der Waals surface area contributed by atoms with E-state index in [9.17, 15) is 4.79 Å². The molecule has 4 rings (SSSR count). The van der Waals surface area contributed by atoms with E-state index < -0.39 is 0 Å². The molecule has 3 aromatic rings. The fraction of sp³-hybridized carbons (Fsp3) is 0.478. The Hall–Kier alpha value is -3.24. The van der Waals surface area contributed by atoms with Crippen LogP contribution in [-0.4, -0.2) is 76.8 Å². The van der Waals surface area contributed by atoms with Crippen molar-refractivity contribution in [2.24, 2.45) is 0 Å². The van der Waals surface area contributed by atoms with Crippen LogP contribution in [0.5, 0.6) is 5.75 Å². The summed E-state index contributed by atoms with van der Waals surface area (Å²) in [6.45, 7) is 9.20. The first-order valence-corrected chi connectivity index (χ1v) is 11.3. The van der Waals surface area contributed by atoms with E-state index in [0.29, 0.717) is 29.5 Å². The van der Waals surface area contributed by atoms with Crippen LogP contribution in [0.1, 0.15) is 36.7 Å². The van der Waals surface area contributed by atoms with Gasteiger partial charge in [-0.05, 0) is 45.0 Å². The van der Waals surface area contributed by atoms with Gasteiger partial charge in [0.2, 0.25) is 5.95 Å². The van der Waals surface area contributed by atoms with Crippen molar-refractivity contribution in [2.75, 3.05) is 51.8 Å². The summed E-state index contributed by atoms with van der Waals surface area (Å²) in [7, 11) is 1.57. The number of carbonyl (C=O) groups is 1. The first-order valence-electron chi connectivity index (χ1n) is 11.3. The Bertz CT molecular complexity index is 1090. The van der Waals surface area contributed by atoms with E-state index in [2.05, 4.69) is 44.3 Å². The molecule has 0 radical (unpaired) electrons. The number of anilines is 2. The standard InChI is InChI=1S/C23H31N7O3/c1-16(2)30-15-26-19-14-25-23(28-21(19)30)27-18-6-5-17(13-20(18)32-3)22(31)24-7-4-8-29-9-11-33-12-10-29/h5-6,13-16H,4,7-12H2,1-3H3,(H,24,31)(H,25,27,28). The smallest absolute Gasteiger partial charge is 0.251 e. The molecule has 10 heteroatoms. The number of fused-ring (bicyclic) bond motifs is 1. The predicted octanol–water partition coefficient (Wildman–Crippen LogP) is 2.61. The highest BCUT2D eigenvalue weighted by molar-refractivity contribution is 5.95. The van der Waals surface area contributed by atoms with Crippen molar-refractivity contribution in [3.8, 4) is 5.75 Å². The molecule has 0 atom stereocenters. The van der Waals surface area contributed by atoms with Crippen LogP contribution in [0.4, 0.5) is 11.6 Å². The Morgan fingerprint density at radius 3 is 2.82 bits per heavy atom. The lowest BCUT2D eigenvalue weighted by molar-refractivity contribution is 0.0374. The number of nitrogens with one attached hydrogen (secondary N) is 2. The minimum atomic E-state index is -0.125. The third kappa shape index (κ3) is 5.58. The number of rotatable bonds is 9. The molecule has 2 aromatic heterocycles. The molecule has 1 aromatic carbocycles. The maximum Gasteiger partial charge on any atom is 0.251 e. The number of hydrogen-bond donors (Lipinski definition) is 2. The number of benzene rings is 1. The summed E-state index contributed by atoms with van der Waals surface area (Å²) in [5, 5.41) is 6.18. The highest BCUT2D eigenvalue weighted by atomic mass is 16.5. The molecule has 1 aliphatic rings. The topological polar surface area (TPSA) is 106 Å². The van der Waals surface area contributed by atoms with Crippen LogP contribution in [0, 0.1) is 0 Å². The molecule has 0 aliphatic carbocycles. The molecule has 0 unspecified atom stereocenters. The Labute approximate surface area is 193 Å². The third-order valence-corrected chi connectivity index (χ3v) is 5.62. The maximum atomic E-state index is 12.6. The van der Waals surface area contributed by atoms with Gasteiger partial charge in [-0.1, -0.05) is 0 Å². The van der Waals surface area contributed by atoms with E-state index >= 15 is 0 Å². The molecule has 0 spiro atoms. The van der Waals surface area contributed by atoms with Gasteiger partial charge in [-0.3, -0.25) is 9.69 Å². The maximum absolute atomic E-state index is 12.6. The van der Waals surface area contributed by atoms with Crippen LogP contribution in [-0.2, 0) is 4.74 Å². The average Bonchev–Trinajstić information content (AvgIpc) is 3.26. The van der Waals surface area contributed by atoms with Gasteiger partial charge in [0.25, 0.3) is 5.91 Å². The summed E-state index contributed by atoms with van der Waals surface area (Å²) in [6.07, 6.45) is 4.35. The minimum absolute atomic E-state index is 0.125. The lowest BCUT2D eigenvalue weighted by Gasteiger charge is -2.26. The number of methoxy groups -OCH3 is 1. The lowest BCUT2D eigenvalue weighted by atomic mass is 10.1. The van der Waals surface area contributed by atoms with E-state index in [0.717, 1.165) is 50.4 Å². The molecular formula is C23H31N7O3. The number of aromatic nitrogens is 4. The van der Waals surface area contributed by atoms with Crippen LogP contribution in [0.2, 0.25) is 0 Å². The van der Waals surface area contributed by atoms with E-state index in [1.165, 1.54) is 0 Å². The van der Waals surface area contributed by atoms with Gasteiger partial charge in [0.15, 0.2) is 5.65 Å². The Morgan fingerprint density at radius 1 is 1.24 bits per heavy atom. The Morgan fingerprint density at radius 2 is 2.06 bits per heavy atom. The number of ether oxygens (including phenoxy) is 2. The van der Waals surface area contributed by atoms with Gasteiger partial charge < -0.3 is 24.7 Å². The summed E-state index contributed by atoms with van der Waals surface area (Å²) in [6, 6.07) is 5.52. The summed E-state index contributed by atoms with van der Waals surface area (Å²) in [4.78, 5) is 28.2. The number of nitrogens with zero attached hydrogens (tertiary/aromatic N) is 5.